The summed E-state index contributed by atoms with van der Waals surface area (Å²) < 4.78 is 2.14. The minimum atomic E-state index is -0.754. The minimum absolute atomic E-state index is 0.0679. The van der Waals surface area contributed by atoms with Gasteiger partial charge in [-0.25, -0.2) is 0 Å². The van der Waals surface area contributed by atoms with Crippen molar-refractivity contribution in [3.63, 3.8) is 0 Å². The number of carbonyl (C=O) groups excluding carboxylic acids is 3. The molecule has 76 heavy (non-hydrogen) atoms. The van der Waals surface area contributed by atoms with E-state index >= 15 is 4.79 Å². The van der Waals surface area contributed by atoms with Gasteiger partial charge in [0.05, 0.1) is 22.5 Å². The first-order valence-corrected chi connectivity index (χ1v) is 26.0. The molecule has 0 spiro atoms. The SMILES string of the molecule is CCC(C)(C)C(=O)NC1=CC(=[N+](c2ccc3ccccc3c2)c2ccc3ccccc3c2)C=CC1=C1C(=O)C(c2ccc(N(c3ccc4ccccc4c3)c3ccc4ccccc4c3)cc2NC(=O)C(C)(C)CC)=C1O. The highest BCUT2D eigenvalue weighted by Crippen LogP contribution is 2.46. The molecule has 2 amide bonds. The van der Waals surface area contributed by atoms with Crippen molar-refractivity contribution in [2.24, 2.45) is 10.8 Å². The number of nitrogens with one attached hydrogen (secondary N) is 2. The first-order chi connectivity index (χ1) is 36.7. The molecule has 0 atom stereocenters. The van der Waals surface area contributed by atoms with Crippen LogP contribution >= 0.6 is 0 Å². The van der Waals surface area contributed by atoms with Crippen molar-refractivity contribution in [1.29, 1.82) is 0 Å². The van der Waals surface area contributed by atoms with Crippen LogP contribution in [-0.2, 0) is 14.4 Å². The second-order valence-electron chi connectivity index (χ2n) is 21.1. The normalized spacial score (nSPS) is 14.8. The van der Waals surface area contributed by atoms with Crippen LogP contribution in [0.15, 0.2) is 229 Å². The van der Waals surface area contributed by atoms with E-state index in [1.54, 1.807) is 12.1 Å². The molecule has 3 N–H and O–H groups in total. The van der Waals surface area contributed by atoms with Crippen LogP contribution in [-0.4, -0.2) is 28.4 Å². The molecule has 0 aliphatic heterocycles. The van der Waals surface area contributed by atoms with Gasteiger partial charge in [0.25, 0.3) is 0 Å². The molecule has 0 bridgehead atoms. The van der Waals surface area contributed by atoms with Gasteiger partial charge in [0.1, 0.15) is 5.76 Å². The number of carbonyl (C=O) groups is 3. The van der Waals surface area contributed by atoms with E-state index in [2.05, 4.69) is 141 Å². The van der Waals surface area contributed by atoms with Crippen LogP contribution in [0.4, 0.5) is 34.1 Å². The van der Waals surface area contributed by atoms with Gasteiger partial charge in [-0.2, -0.15) is 4.58 Å². The number of hydrogen-bond acceptors (Lipinski definition) is 5. The van der Waals surface area contributed by atoms with E-state index in [0.717, 1.165) is 77.2 Å². The zero-order chi connectivity index (χ0) is 52.9. The molecule has 0 unspecified atom stereocenters. The Hall–Kier alpha value is -9.14. The van der Waals surface area contributed by atoms with Crippen LogP contribution < -0.4 is 20.1 Å². The Balaban J connectivity index is 1.08. The second-order valence-corrected chi connectivity index (χ2v) is 21.1. The van der Waals surface area contributed by atoms with Crippen LogP contribution in [0, 0.1) is 10.8 Å². The number of aliphatic hydroxyl groups excluding tert-OH is 1. The lowest BCUT2D eigenvalue weighted by atomic mass is 9.78. The molecule has 8 heteroatoms. The van der Waals surface area contributed by atoms with Gasteiger partial charge in [0.15, 0.2) is 0 Å². The molecule has 0 aromatic heterocycles. The van der Waals surface area contributed by atoms with Gasteiger partial charge in [-0.1, -0.05) is 151 Å². The lowest BCUT2D eigenvalue weighted by Gasteiger charge is -2.31. The Kier molecular flexibility index (Phi) is 12.7. The van der Waals surface area contributed by atoms with Crippen molar-refractivity contribution in [3.05, 3.63) is 234 Å². The number of anilines is 4. The summed E-state index contributed by atoms with van der Waals surface area (Å²) in [6.07, 6.45) is 6.75. The lowest BCUT2D eigenvalue weighted by Crippen LogP contribution is -2.38. The smallest absolute Gasteiger partial charge is 0.230 e. The molecule has 2 aliphatic carbocycles. The summed E-state index contributed by atoms with van der Waals surface area (Å²) in [6.45, 7) is 11.5. The summed E-state index contributed by atoms with van der Waals surface area (Å²) in [4.78, 5) is 45.7. The van der Waals surface area contributed by atoms with Gasteiger partial charge < -0.3 is 20.6 Å². The number of amides is 2. The topological polar surface area (TPSA) is 102 Å². The van der Waals surface area contributed by atoms with E-state index in [1.165, 1.54) is 0 Å². The van der Waals surface area contributed by atoms with E-state index in [9.17, 15) is 14.7 Å². The maximum Gasteiger partial charge on any atom is 0.230 e. The number of ketones is 1. The van der Waals surface area contributed by atoms with E-state index in [-0.39, 0.29) is 28.7 Å². The van der Waals surface area contributed by atoms with Crippen molar-refractivity contribution in [2.75, 3.05) is 10.2 Å². The molecule has 374 valence electrons. The van der Waals surface area contributed by atoms with Gasteiger partial charge in [-0.3, -0.25) is 14.4 Å². The number of aliphatic hydroxyl groups is 1. The number of nitrogens with zero attached hydrogens (tertiary/aromatic N) is 2. The average molecular weight is 996 g/mol. The number of hydrogen-bond donors (Lipinski definition) is 3. The molecule has 11 rings (SSSR count). The fourth-order valence-electron chi connectivity index (χ4n) is 9.95. The van der Waals surface area contributed by atoms with Crippen molar-refractivity contribution in [3.8, 4) is 0 Å². The molecular weight excluding hydrogens is 937 g/mol. The third-order valence-electron chi connectivity index (χ3n) is 15.4. The summed E-state index contributed by atoms with van der Waals surface area (Å²) in [5, 5.41) is 27.5. The summed E-state index contributed by atoms with van der Waals surface area (Å²) in [5.74, 6) is -1.11. The van der Waals surface area contributed by atoms with Crippen LogP contribution in [0.25, 0.3) is 48.7 Å². The second kappa shape index (κ2) is 19.6. The van der Waals surface area contributed by atoms with Gasteiger partial charge >= 0.3 is 0 Å². The Morgan fingerprint density at radius 3 is 1.39 bits per heavy atom. The molecule has 8 nitrogen and oxygen atoms in total. The molecule has 0 heterocycles. The number of fused-ring (bicyclic) bond motifs is 4. The number of Topliss-reactive ketones (excluding diaryl/α,β-unsaturated/α-hetero) is 1. The highest BCUT2D eigenvalue weighted by atomic mass is 16.3. The van der Waals surface area contributed by atoms with Crippen LogP contribution in [0.2, 0.25) is 0 Å². The van der Waals surface area contributed by atoms with Crippen LogP contribution in [0.5, 0.6) is 0 Å². The Labute approximate surface area is 443 Å². The predicted molar refractivity (Wildman–Crippen MR) is 314 cm³/mol. The molecule has 0 saturated carbocycles. The quantitative estimate of drug-likeness (QED) is 0.0836. The molecule has 0 saturated heterocycles. The maximum absolute atomic E-state index is 15.1. The average Bonchev–Trinajstić information content (AvgIpc) is 3.47. The highest BCUT2D eigenvalue weighted by Gasteiger charge is 2.41. The largest absolute Gasteiger partial charge is 0.506 e. The molecular formula is C68H59N4O4+. The Bertz CT molecular complexity index is 3900. The van der Waals surface area contributed by atoms with E-state index in [1.807, 2.05) is 114 Å². The van der Waals surface area contributed by atoms with Crippen molar-refractivity contribution in [2.45, 2.75) is 54.4 Å². The maximum atomic E-state index is 15.1. The highest BCUT2D eigenvalue weighted by molar-refractivity contribution is 6.40. The zero-order valence-electron chi connectivity index (χ0n) is 43.6. The molecule has 2 aliphatic rings. The fourth-order valence-corrected chi connectivity index (χ4v) is 9.95. The van der Waals surface area contributed by atoms with E-state index in [4.69, 9.17) is 0 Å². The standard InChI is InChI=1S/C68H58N4O4/c1-7-67(3,4)65(75)69-59-41-55(71(51-29-25-43-17-9-13-21-47(43)37-51)52-30-26-44-18-10-14-22-48(44)38-52)33-35-57(59)61-63(73)62(64(61)74)58-36-34-56(42-60(58)70-66(76)68(5,6)8-2)72(53-31-27-45-19-11-15-23-49(45)39-53)54-32-28-46-20-12-16-24-50(46)40-54/h9-42H,7-8H2,1-6H3,(H2,69,70,73,74,75,76)/p+1. The van der Waals surface area contributed by atoms with E-state index < -0.39 is 16.6 Å². The Morgan fingerprint density at radius 1 is 0.500 bits per heavy atom. The minimum Gasteiger partial charge on any atom is -0.506 e. The summed E-state index contributed by atoms with van der Waals surface area (Å²) in [5.41, 5.74) is 5.18. The third kappa shape index (κ3) is 9.06. The van der Waals surface area contributed by atoms with Gasteiger partial charge in [0, 0.05) is 75.4 Å². The molecule has 9 aromatic rings. The summed E-state index contributed by atoms with van der Waals surface area (Å²) in [6, 6.07) is 63.8. The number of rotatable bonds is 12. The molecule has 0 fully saturated rings. The van der Waals surface area contributed by atoms with Crippen molar-refractivity contribution in [1.82, 2.24) is 9.89 Å². The van der Waals surface area contributed by atoms with Gasteiger partial charge in [-0.05, 0) is 117 Å². The van der Waals surface area contributed by atoms with Gasteiger partial charge in [-0.15, -0.1) is 0 Å². The number of allylic oxidation sites excluding steroid dienone is 5. The summed E-state index contributed by atoms with van der Waals surface area (Å²) in [7, 11) is 0. The summed E-state index contributed by atoms with van der Waals surface area (Å²) >= 11 is 0. The molecule has 0 radical (unpaired) electrons. The van der Waals surface area contributed by atoms with Gasteiger partial charge in [0.2, 0.25) is 34.7 Å². The third-order valence-corrected chi connectivity index (χ3v) is 15.4. The number of benzene rings is 9. The molecule has 9 aromatic carbocycles. The van der Waals surface area contributed by atoms with Crippen LogP contribution in [0.3, 0.4) is 0 Å². The van der Waals surface area contributed by atoms with E-state index in [0.29, 0.717) is 35.4 Å². The van der Waals surface area contributed by atoms with Crippen molar-refractivity contribution >= 4 is 106 Å². The zero-order valence-corrected chi connectivity index (χ0v) is 43.6. The first kappa shape index (κ1) is 49.1. The Morgan fingerprint density at radius 2 is 0.921 bits per heavy atom. The van der Waals surface area contributed by atoms with Crippen LogP contribution in [0.1, 0.15) is 59.9 Å². The lowest BCUT2D eigenvalue weighted by molar-refractivity contribution is -0.128. The van der Waals surface area contributed by atoms with Crippen molar-refractivity contribution < 1.29 is 19.5 Å². The monoisotopic (exact) mass is 995 g/mol. The predicted octanol–water partition coefficient (Wildman–Crippen LogP) is 16.3. The fraction of sp³-hybridized carbons (Fsp3) is 0.147. The first-order valence-electron chi connectivity index (χ1n) is 26.0.